The van der Waals surface area contributed by atoms with Crippen molar-refractivity contribution in [2.24, 2.45) is 5.73 Å². The van der Waals surface area contributed by atoms with E-state index in [2.05, 4.69) is 5.32 Å². The summed E-state index contributed by atoms with van der Waals surface area (Å²) < 4.78 is 5.11. The number of anilines is 1. The molecule has 0 bridgehead atoms. The molecule has 2 aromatic rings. The second-order valence-corrected chi connectivity index (χ2v) is 4.60. The minimum atomic E-state index is -0.573. The monoisotopic (exact) mass is 276 g/mol. The summed E-state index contributed by atoms with van der Waals surface area (Å²) in [6.07, 6.45) is 0. The Morgan fingerprint density at radius 3 is 2.63 bits per heavy atom. The molecule has 0 unspecified atom stereocenters. The molecule has 2 amide bonds. The summed E-state index contributed by atoms with van der Waals surface area (Å²) in [7, 11) is 1.49. The molecule has 2 rings (SSSR count). The van der Waals surface area contributed by atoms with Crippen LogP contribution >= 0.6 is 11.3 Å². The summed E-state index contributed by atoms with van der Waals surface area (Å²) in [5.41, 5.74) is 5.92. The van der Waals surface area contributed by atoms with Crippen molar-refractivity contribution in [2.75, 3.05) is 12.4 Å². The van der Waals surface area contributed by atoms with Gasteiger partial charge in [0.15, 0.2) is 0 Å². The Balaban J connectivity index is 2.26. The minimum Gasteiger partial charge on any atom is -0.496 e. The Labute approximate surface area is 114 Å². The summed E-state index contributed by atoms with van der Waals surface area (Å²) in [5, 5.41) is 4.79. The van der Waals surface area contributed by atoms with E-state index in [1.54, 1.807) is 35.7 Å². The van der Waals surface area contributed by atoms with Crippen molar-refractivity contribution in [1.82, 2.24) is 0 Å². The maximum Gasteiger partial charge on any atom is 0.260 e. The Kier molecular flexibility index (Phi) is 3.82. The standard InChI is InChI=1S/C13H12N2O3S/c1-18-10-5-3-2-4-8(10)12(17)15-13-9(11(14)16)6-7-19-13/h2-7H,1H3,(H2,14,16)(H,15,17). The first-order chi connectivity index (χ1) is 9.13. The molecule has 0 spiro atoms. The maximum atomic E-state index is 12.1. The zero-order chi connectivity index (χ0) is 13.8. The fraction of sp³-hybridized carbons (Fsp3) is 0.0769. The van der Waals surface area contributed by atoms with E-state index in [-0.39, 0.29) is 5.91 Å². The average Bonchev–Trinajstić information content (AvgIpc) is 2.87. The molecule has 19 heavy (non-hydrogen) atoms. The first-order valence-corrected chi connectivity index (χ1v) is 6.33. The van der Waals surface area contributed by atoms with Gasteiger partial charge in [-0.3, -0.25) is 9.59 Å². The van der Waals surface area contributed by atoms with Crippen LogP contribution in [0.25, 0.3) is 0 Å². The first kappa shape index (κ1) is 13.1. The molecule has 0 aliphatic carbocycles. The third-order valence-electron chi connectivity index (χ3n) is 2.51. The molecule has 0 radical (unpaired) electrons. The highest BCUT2D eigenvalue weighted by Gasteiger charge is 2.16. The molecular weight excluding hydrogens is 264 g/mol. The van der Waals surface area contributed by atoms with E-state index in [0.717, 1.165) is 0 Å². The quantitative estimate of drug-likeness (QED) is 0.897. The van der Waals surface area contributed by atoms with Crippen molar-refractivity contribution in [3.05, 3.63) is 46.8 Å². The lowest BCUT2D eigenvalue weighted by molar-refractivity contribution is 0.100. The van der Waals surface area contributed by atoms with E-state index in [1.807, 2.05) is 0 Å². The number of para-hydroxylation sites is 1. The number of ether oxygens (including phenoxy) is 1. The van der Waals surface area contributed by atoms with Crippen LogP contribution in [0.5, 0.6) is 5.75 Å². The lowest BCUT2D eigenvalue weighted by Crippen LogP contribution is -2.17. The third-order valence-corrected chi connectivity index (χ3v) is 3.34. The molecule has 1 aromatic carbocycles. The van der Waals surface area contributed by atoms with Crippen LogP contribution in [0.1, 0.15) is 20.7 Å². The second kappa shape index (κ2) is 5.53. The van der Waals surface area contributed by atoms with E-state index in [9.17, 15) is 9.59 Å². The summed E-state index contributed by atoms with van der Waals surface area (Å²) in [6.45, 7) is 0. The van der Waals surface area contributed by atoms with Crippen molar-refractivity contribution < 1.29 is 14.3 Å². The van der Waals surface area contributed by atoms with Gasteiger partial charge in [-0.1, -0.05) is 12.1 Å². The minimum absolute atomic E-state index is 0.299. The van der Waals surface area contributed by atoms with Crippen LogP contribution in [0, 0.1) is 0 Å². The van der Waals surface area contributed by atoms with Crippen molar-refractivity contribution in [3.8, 4) is 5.75 Å². The van der Waals surface area contributed by atoms with E-state index in [1.165, 1.54) is 18.4 Å². The molecule has 0 fully saturated rings. The third kappa shape index (κ3) is 2.74. The van der Waals surface area contributed by atoms with Crippen LogP contribution in [0.3, 0.4) is 0 Å². The number of amides is 2. The summed E-state index contributed by atoms with van der Waals surface area (Å²) in [4.78, 5) is 23.3. The highest BCUT2D eigenvalue weighted by molar-refractivity contribution is 7.14. The molecule has 0 atom stereocenters. The number of primary amides is 1. The number of carbonyl (C=O) groups is 2. The highest BCUT2D eigenvalue weighted by Crippen LogP contribution is 2.25. The predicted molar refractivity (Wildman–Crippen MR) is 73.8 cm³/mol. The second-order valence-electron chi connectivity index (χ2n) is 3.68. The van der Waals surface area contributed by atoms with E-state index in [0.29, 0.717) is 21.9 Å². The zero-order valence-corrected chi connectivity index (χ0v) is 11.0. The first-order valence-electron chi connectivity index (χ1n) is 5.45. The van der Waals surface area contributed by atoms with Crippen LogP contribution in [0.2, 0.25) is 0 Å². The predicted octanol–water partition coefficient (Wildman–Crippen LogP) is 2.11. The van der Waals surface area contributed by atoms with Gasteiger partial charge in [0.25, 0.3) is 11.8 Å². The summed E-state index contributed by atoms with van der Waals surface area (Å²) >= 11 is 1.24. The number of hydrogen-bond acceptors (Lipinski definition) is 4. The average molecular weight is 276 g/mol. The highest BCUT2D eigenvalue weighted by atomic mass is 32.1. The number of nitrogens with one attached hydrogen (secondary N) is 1. The van der Waals surface area contributed by atoms with Crippen LogP contribution in [-0.4, -0.2) is 18.9 Å². The van der Waals surface area contributed by atoms with Crippen LogP contribution in [0.15, 0.2) is 35.7 Å². The number of rotatable bonds is 4. The Bertz CT molecular complexity index is 622. The van der Waals surface area contributed by atoms with Gasteiger partial charge in [0, 0.05) is 0 Å². The van der Waals surface area contributed by atoms with Gasteiger partial charge in [-0.15, -0.1) is 11.3 Å². The van der Waals surface area contributed by atoms with Gasteiger partial charge in [0.05, 0.1) is 18.2 Å². The van der Waals surface area contributed by atoms with Crippen molar-refractivity contribution >= 4 is 28.2 Å². The largest absolute Gasteiger partial charge is 0.496 e. The molecule has 0 aliphatic heterocycles. The molecule has 6 heteroatoms. The van der Waals surface area contributed by atoms with Gasteiger partial charge in [0.2, 0.25) is 0 Å². The zero-order valence-electron chi connectivity index (χ0n) is 10.2. The van der Waals surface area contributed by atoms with Crippen LogP contribution in [0.4, 0.5) is 5.00 Å². The fourth-order valence-corrected chi connectivity index (χ4v) is 2.39. The molecule has 0 aliphatic rings. The number of thiophene rings is 1. The smallest absolute Gasteiger partial charge is 0.260 e. The van der Waals surface area contributed by atoms with E-state index >= 15 is 0 Å². The van der Waals surface area contributed by atoms with Crippen molar-refractivity contribution in [1.29, 1.82) is 0 Å². The van der Waals surface area contributed by atoms with E-state index < -0.39 is 5.91 Å². The Morgan fingerprint density at radius 2 is 1.95 bits per heavy atom. The number of benzene rings is 1. The number of methoxy groups -OCH3 is 1. The maximum absolute atomic E-state index is 12.1. The van der Waals surface area contributed by atoms with Crippen LogP contribution in [-0.2, 0) is 0 Å². The molecule has 3 N–H and O–H groups in total. The van der Waals surface area contributed by atoms with Gasteiger partial charge < -0.3 is 15.8 Å². The normalized spacial score (nSPS) is 9.95. The topological polar surface area (TPSA) is 81.4 Å². The Hall–Kier alpha value is -2.34. The lowest BCUT2D eigenvalue weighted by atomic mass is 10.2. The molecule has 1 aromatic heterocycles. The summed E-state index contributed by atoms with van der Waals surface area (Å²) in [5.74, 6) is -0.448. The molecule has 0 saturated heterocycles. The molecular formula is C13H12N2O3S. The van der Waals surface area contributed by atoms with E-state index in [4.69, 9.17) is 10.5 Å². The SMILES string of the molecule is COc1ccccc1C(=O)Nc1sccc1C(N)=O. The summed E-state index contributed by atoms with van der Waals surface area (Å²) in [6, 6.07) is 8.42. The van der Waals surface area contributed by atoms with Crippen molar-refractivity contribution in [2.45, 2.75) is 0 Å². The van der Waals surface area contributed by atoms with Gasteiger partial charge in [-0.2, -0.15) is 0 Å². The van der Waals surface area contributed by atoms with Crippen molar-refractivity contribution in [3.63, 3.8) is 0 Å². The molecule has 1 heterocycles. The fourth-order valence-electron chi connectivity index (χ4n) is 1.60. The van der Waals surface area contributed by atoms with Crippen LogP contribution < -0.4 is 15.8 Å². The number of hydrogen-bond donors (Lipinski definition) is 2. The van der Waals surface area contributed by atoms with Gasteiger partial charge in [-0.05, 0) is 23.6 Å². The van der Waals surface area contributed by atoms with Gasteiger partial charge in [-0.25, -0.2) is 0 Å². The van der Waals surface area contributed by atoms with Gasteiger partial charge in [0.1, 0.15) is 10.8 Å². The van der Waals surface area contributed by atoms with Gasteiger partial charge >= 0.3 is 0 Å². The molecule has 98 valence electrons. The molecule has 5 nitrogen and oxygen atoms in total. The molecule has 0 saturated carbocycles. The number of nitrogens with two attached hydrogens (primary N) is 1. The Morgan fingerprint density at radius 1 is 1.21 bits per heavy atom. The number of carbonyl (C=O) groups excluding carboxylic acids is 2. The lowest BCUT2D eigenvalue weighted by Gasteiger charge is -2.08.